The number of imide groups is 2. The Morgan fingerprint density at radius 2 is 1.80 bits per heavy atom. The third-order valence-corrected chi connectivity index (χ3v) is 2.41. The van der Waals surface area contributed by atoms with Gasteiger partial charge in [-0.3, -0.25) is 20.2 Å². The number of rotatable bonds is 3. The lowest BCUT2D eigenvalue weighted by Crippen LogP contribution is -2.62. The molecule has 4 amide bonds. The van der Waals surface area contributed by atoms with E-state index < -0.39 is 23.3 Å². The molecule has 0 unspecified atom stereocenters. The highest BCUT2D eigenvalue weighted by molar-refractivity contribution is 6.21. The molecule has 15 heavy (non-hydrogen) atoms. The molecular weight excluding hydrogens is 196 g/mol. The molecule has 5 heteroatoms. The van der Waals surface area contributed by atoms with Gasteiger partial charge in [-0.15, -0.1) is 6.58 Å². The first-order valence-electron chi connectivity index (χ1n) is 4.39. The van der Waals surface area contributed by atoms with Crippen LogP contribution in [0.2, 0.25) is 0 Å². The molecule has 0 saturated carbocycles. The van der Waals surface area contributed by atoms with E-state index in [0.29, 0.717) is 5.57 Å². The number of amides is 4. The summed E-state index contributed by atoms with van der Waals surface area (Å²) in [6.45, 7) is 8.67. The van der Waals surface area contributed by atoms with Crippen LogP contribution in [0.5, 0.6) is 0 Å². The highest BCUT2D eigenvalue weighted by Gasteiger charge is 2.49. The molecule has 0 atom stereocenters. The predicted octanol–water partition coefficient (Wildman–Crippen LogP) is 0.491. The summed E-state index contributed by atoms with van der Waals surface area (Å²) in [6, 6.07) is -0.800. The lowest BCUT2D eigenvalue weighted by Gasteiger charge is -2.33. The Morgan fingerprint density at radius 1 is 1.33 bits per heavy atom. The van der Waals surface area contributed by atoms with Gasteiger partial charge in [-0.25, -0.2) is 4.79 Å². The van der Waals surface area contributed by atoms with E-state index in [0.717, 1.165) is 0 Å². The largest absolute Gasteiger partial charge is 0.328 e. The monoisotopic (exact) mass is 208 g/mol. The summed E-state index contributed by atoms with van der Waals surface area (Å²) in [4.78, 5) is 34.2. The van der Waals surface area contributed by atoms with Gasteiger partial charge in [0.05, 0.1) is 0 Å². The zero-order valence-corrected chi connectivity index (χ0v) is 8.42. The highest BCUT2D eigenvalue weighted by atomic mass is 16.2. The van der Waals surface area contributed by atoms with Crippen molar-refractivity contribution < 1.29 is 14.4 Å². The first-order valence-corrected chi connectivity index (χ1v) is 4.39. The molecule has 5 nitrogen and oxygen atoms in total. The van der Waals surface area contributed by atoms with Crippen molar-refractivity contribution in [3.05, 3.63) is 24.8 Å². The summed E-state index contributed by atoms with van der Waals surface area (Å²) in [5.41, 5.74) is -1.03. The minimum absolute atomic E-state index is 0.118. The number of carbonyl (C=O) groups is 3. The van der Waals surface area contributed by atoms with E-state index >= 15 is 0 Å². The van der Waals surface area contributed by atoms with Crippen molar-refractivity contribution in [2.24, 2.45) is 5.41 Å². The standard InChI is InChI=1S/C10H12N2O3/c1-4-5-10(6(2)3)7(13)11-9(15)12-8(10)14/h4H,1-2,5H2,3H3,(H2,11,12,13,14,15). The van der Waals surface area contributed by atoms with E-state index in [1.165, 1.54) is 6.08 Å². The van der Waals surface area contributed by atoms with Gasteiger partial charge in [0.2, 0.25) is 11.8 Å². The average Bonchev–Trinajstić information content (AvgIpc) is 2.10. The van der Waals surface area contributed by atoms with Gasteiger partial charge in [-0.1, -0.05) is 18.2 Å². The Hall–Kier alpha value is -1.91. The average molecular weight is 208 g/mol. The highest BCUT2D eigenvalue weighted by Crippen LogP contribution is 2.32. The number of urea groups is 1. The van der Waals surface area contributed by atoms with Crippen molar-refractivity contribution in [3.63, 3.8) is 0 Å². The SMILES string of the molecule is C=CCC1(C(=C)C)C(=O)NC(=O)NC1=O. The van der Waals surface area contributed by atoms with Crippen molar-refractivity contribution in [2.75, 3.05) is 0 Å². The van der Waals surface area contributed by atoms with Crippen molar-refractivity contribution in [2.45, 2.75) is 13.3 Å². The quantitative estimate of drug-likeness (QED) is 0.523. The van der Waals surface area contributed by atoms with Crippen LogP contribution in [0.4, 0.5) is 4.79 Å². The third-order valence-electron chi connectivity index (χ3n) is 2.41. The van der Waals surface area contributed by atoms with E-state index in [1.807, 2.05) is 10.6 Å². The molecule has 1 aliphatic rings. The lowest BCUT2D eigenvalue weighted by atomic mass is 9.75. The third kappa shape index (κ3) is 1.56. The van der Waals surface area contributed by atoms with Crippen LogP contribution in [-0.2, 0) is 9.59 Å². The van der Waals surface area contributed by atoms with E-state index in [2.05, 4.69) is 13.2 Å². The van der Waals surface area contributed by atoms with Crippen LogP contribution in [0, 0.1) is 5.41 Å². The molecule has 0 aromatic carbocycles. The molecule has 80 valence electrons. The van der Waals surface area contributed by atoms with Crippen LogP contribution in [-0.4, -0.2) is 17.8 Å². The topological polar surface area (TPSA) is 75.3 Å². The maximum atomic E-state index is 11.7. The van der Waals surface area contributed by atoms with Crippen LogP contribution in [0.1, 0.15) is 13.3 Å². The van der Waals surface area contributed by atoms with E-state index in [4.69, 9.17) is 0 Å². The maximum Gasteiger partial charge on any atom is 0.328 e. The van der Waals surface area contributed by atoms with Gasteiger partial charge in [-0.05, 0) is 13.3 Å². The number of hydrogen-bond donors (Lipinski definition) is 2. The minimum atomic E-state index is -1.41. The normalized spacial score (nSPS) is 19.1. The summed E-state index contributed by atoms with van der Waals surface area (Å²) in [5, 5.41) is 4.10. The van der Waals surface area contributed by atoms with Gasteiger partial charge in [0.1, 0.15) is 0 Å². The molecule has 1 heterocycles. The molecule has 0 spiro atoms. The predicted molar refractivity (Wildman–Crippen MR) is 53.7 cm³/mol. The fourth-order valence-electron chi connectivity index (χ4n) is 1.52. The molecule has 0 aliphatic carbocycles. The summed E-state index contributed by atoms with van der Waals surface area (Å²) < 4.78 is 0. The molecule has 2 N–H and O–H groups in total. The van der Waals surface area contributed by atoms with Gasteiger partial charge in [0.15, 0.2) is 5.41 Å². The van der Waals surface area contributed by atoms with Crippen molar-refractivity contribution >= 4 is 17.8 Å². The smallest absolute Gasteiger partial charge is 0.277 e. The number of nitrogens with one attached hydrogen (secondary N) is 2. The second-order valence-corrected chi connectivity index (χ2v) is 3.42. The summed E-state index contributed by atoms with van der Waals surface area (Å²) in [7, 11) is 0. The molecule has 0 aromatic rings. The van der Waals surface area contributed by atoms with Crippen LogP contribution >= 0.6 is 0 Å². The van der Waals surface area contributed by atoms with E-state index in [-0.39, 0.29) is 6.42 Å². The molecule has 0 bridgehead atoms. The zero-order valence-electron chi connectivity index (χ0n) is 8.42. The molecule has 0 aromatic heterocycles. The molecule has 1 saturated heterocycles. The fraction of sp³-hybridized carbons (Fsp3) is 0.300. The molecule has 1 aliphatic heterocycles. The second-order valence-electron chi connectivity index (χ2n) is 3.42. The van der Waals surface area contributed by atoms with Crippen LogP contribution < -0.4 is 10.6 Å². The first-order chi connectivity index (χ1) is 6.95. The van der Waals surface area contributed by atoms with Crippen LogP contribution in [0.15, 0.2) is 24.8 Å². The zero-order chi connectivity index (χ0) is 11.6. The van der Waals surface area contributed by atoms with Gasteiger partial charge in [-0.2, -0.15) is 0 Å². The second kappa shape index (κ2) is 3.68. The number of barbiturate groups is 1. The number of allylic oxidation sites excluding steroid dienone is 1. The summed E-state index contributed by atoms with van der Waals surface area (Å²) >= 11 is 0. The molecule has 0 radical (unpaired) electrons. The van der Waals surface area contributed by atoms with Crippen molar-refractivity contribution in [3.8, 4) is 0 Å². The molecular formula is C10H12N2O3. The molecule has 1 fully saturated rings. The summed E-state index contributed by atoms with van der Waals surface area (Å²) in [6.07, 6.45) is 1.57. The number of carbonyl (C=O) groups excluding carboxylic acids is 3. The van der Waals surface area contributed by atoms with Gasteiger partial charge >= 0.3 is 6.03 Å². The fourth-order valence-corrected chi connectivity index (χ4v) is 1.52. The Labute approximate surface area is 87.2 Å². The Bertz CT molecular complexity index is 351. The summed E-state index contributed by atoms with van der Waals surface area (Å²) in [5.74, 6) is -1.30. The Morgan fingerprint density at radius 3 is 2.13 bits per heavy atom. The maximum absolute atomic E-state index is 11.7. The van der Waals surface area contributed by atoms with Crippen LogP contribution in [0.25, 0.3) is 0 Å². The van der Waals surface area contributed by atoms with Gasteiger partial charge < -0.3 is 0 Å². The first kappa shape index (κ1) is 11.2. The number of hydrogen-bond acceptors (Lipinski definition) is 3. The minimum Gasteiger partial charge on any atom is -0.277 e. The van der Waals surface area contributed by atoms with E-state index in [1.54, 1.807) is 6.92 Å². The lowest BCUT2D eigenvalue weighted by molar-refractivity contribution is -0.141. The van der Waals surface area contributed by atoms with Crippen molar-refractivity contribution in [1.29, 1.82) is 0 Å². The van der Waals surface area contributed by atoms with Crippen LogP contribution in [0.3, 0.4) is 0 Å². The van der Waals surface area contributed by atoms with Gasteiger partial charge in [0.25, 0.3) is 0 Å². The van der Waals surface area contributed by atoms with Gasteiger partial charge in [0, 0.05) is 0 Å². The Balaban J connectivity index is 3.20. The van der Waals surface area contributed by atoms with E-state index in [9.17, 15) is 14.4 Å². The van der Waals surface area contributed by atoms with Crippen molar-refractivity contribution in [1.82, 2.24) is 10.6 Å². The Kier molecular flexibility index (Phi) is 2.74. The molecule has 1 rings (SSSR count).